The topological polar surface area (TPSA) is 121 Å². The van der Waals surface area contributed by atoms with Crippen molar-refractivity contribution in [1.29, 1.82) is 0 Å². The molecule has 26 heavy (non-hydrogen) atoms. The molecule has 0 aliphatic carbocycles. The number of carbonyl (C=O) groups is 1. The van der Waals surface area contributed by atoms with Gasteiger partial charge in [-0.15, -0.1) is 0 Å². The second-order valence-corrected chi connectivity index (χ2v) is 6.82. The number of carbonyl (C=O) groups excluding carboxylic acids is 1. The Kier molecular flexibility index (Phi) is 4.49. The molecule has 3 rings (SSSR count). The first-order valence-corrected chi connectivity index (χ1v) is 8.32. The van der Waals surface area contributed by atoms with Gasteiger partial charge in [0.1, 0.15) is 11.4 Å². The molecule has 1 amide bonds. The molecule has 0 radical (unpaired) electrons. The predicted octanol–water partition coefficient (Wildman–Crippen LogP) is -0.218. The van der Waals surface area contributed by atoms with Crippen LogP contribution >= 0.6 is 0 Å². The largest absolute Gasteiger partial charge is 0.386 e. The van der Waals surface area contributed by atoms with Gasteiger partial charge in [0.15, 0.2) is 0 Å². The Morgan fingerprint density at radius 2 is 2.12 bits per heavy atom. The highest BCUT2D eigenvalue weighted by Crippen LogP contribution is 2.31. The molecule has 3 heterocycles. The maximum absolute atomic E-state index is 12.8. The first kappa shape index (κ1) is 18.0. The number of hydrogen-bond donors (Lipinski definition) is 2. The molecule has 2 aromatic rings. The number of nitrogens with zero attached hydrogens (tertiary/aromatic N) is 4. The number of rotatable bonds is 2. The Balaban J connectivity index is 1.85. The lowest BCUT2D eigenvalue weighted by molar-refractivity contribution is -0.0504. The van der Waals surface area contributed by atoms with E-state index >= 15 is 0 Å². The average Bonchev–Trinajstić information content (AvgIpc) is 2.54. The van der Waals surface area contributed by atoms with Crippen molar-refractivity contribution in [2.75, 3.05) is 13.1 Å². The van der Waals surface area contributed by atoms with Crippen LogP contribution in [0.1, 0.15) is 41.3 Å². The lowest BCUT2D eigenvalue weighted by Gasteiger charge is -2.43. The van der Waals surface area contributed by atoms with E-state index in [1.807, 2.05) is 0 Å². The van der Waals surface area contributed by atoms with E-state index in [1.165, 1.54) is 27.9 Å². The number of nitrogens with one attached hydrogen (secondary N) is 1. The van der Waals surface area contributed by atoms with Crippen LogP contribution in [-0.4, -0.2) is 54.1 Å². The van der Waals surface area contributed by atoms with Gasteiger partial charge in [0, 0.05) is 25.0 Å². The van der Waals surface area contributed by atoms with Gasteiger partial charge in [0.2, 0.25) is 0 Å². The van der Waals surface area contributed by atoms with Crippen molar-refractivity contribution in [3.05, 3.63) is 56.4 Å². The number of piperidine rings is 1. The third-order valence-corrected chi connectivity index (χ3v) is 4.71. The number of aliphatic hydroxyl groups is 1. The zero-order valence-electron chi connectivity index (χ0n) is 14.9. The molecule has 1 saturated heterocycles. The van der Waals surface area contributed by atoms with Gasteiger partial charge >= 0.3 is 5.69 Å². The van der Waals surface area contributed by atoms with Gasteiger partial charge in [0.25, 0.3) is 11.5 Å². The third kappa shape index (κ3) is 3.30. The number of aromatic amines is 1. The molecule has 1 fully saturated rings. The van der Waals surface area contributed by atoms with Crippen LogP contribution in [0.2, 0.25) is 0 Å². The molecular weight excluding hydrogens is 338 g/mol. The van der Waals surface area contributed by atoms with E-state index in [4.69, 9.17) is 0 Å². The minimum absolute atomic E-state index is 0.0510. The molecule has 0 saturated carbocycles. The van der Waals surface area contributed by atoms with Gasteiger partial charge < -0.3 is 10.0 Å². The maximum Gasteiger partial charge on any atom is 0.328 e. The summed E-state index contributed by atoms with van der Waals surface area (Å²) < 4.78 is 1.31. The van der Waals surface area contributed by atoms with Crippen molar-refractivity contribution in [3.8, 4) is 0 Å². The summed E-state index contributed by atoms with van der Waals surface area (Å²) in [6.07, 6.45) is 3.24. The Morgan fingerprint density at radius 3 is 2.73 bits per heavy atom. The van der Waals surface area contributed by atoms with Crippen LogP contribution < -0.4 is 11.2 Å². The molecule has 0 aromatic carbocycles. The first-order chi connectivity index (χ1) is 12.2. The Bertz CT molecular complexity index is 962. The lowest BCUT2D eigenvalue weighted by atomic mass is 9.88. The Hall–Kier alpha value is -2.81. The van der Waals surface area contributed by atoms with E-state index in [0.29, 0.717) is 30.0 Å². The third-order valence-electron chi connectivity index (χ3n) is 4.71. The summed E-state index contributed by atoms with van der Waals surface area (Å²) in [5.41, 5.74) is -1.43. The van der Waals surface area contributed by atoms with Crippen LogP contribution in [0, 0.1) is 13.8 Å². The van der Waals surface area contributed by atoms with E-state index in [0.717, 1.165) is 0 Å². The summed E-state index contributed by atoms with van der Waals surface area (Å²) in [4.78, 5) is 48.1. The number of aryl methyl sites for hydroxylation is 2. The second kappa shape index (κ2) is 6.49. The molecular formula is C17H21N5O4. The summed E-state index contributed by atoms with van der Waals surface area (Å²) >= 11 is 0. The van der Waals surface area contributed by atoms with E-state index in [2.05, 4.69) is 15.0 Å². The van der Waals surface area contributed by atoms with Gasteiger partial charge in [-0.05, 0) is 27.2 Å². The molecule has 2 aromatic heterocycles. The smallest absolute Gasteiger partial charge is 0.328 e. The van der Waals surface area contributed by atoms with Crippen LogP contribution in [-0.2, 0) is 0 Å². The number of aromatic nitrogens is 4. The maximum atomic E-state index is 12.8. The fraction of sp³-hybridized carbons (Fsp3) is 0.471. The van der Waals surface area contributed by atoms with Crippen LogP contribution in [0.3, 0.4) is 0 Å². The summed E-state index contributed by atoms with van der Waals surface area (Å²) in [5.74, 6) is 0.331. The summed E-state index contributed by atoms with van der Waals surface area (Å²) in [6, 6.07) is 0.688. The number of hydrogen-bond acceptors (Lipinski definition) is 6. The van der Waals surface area contributed by atoms with Crippen LogP contribution in [0.15, 0.2) is 28.0 Å². The SMILES string of the molecule is Cc1ncc(C(=O)N2CC[C@@H](n3ccc(=O)[nH]c3=O)[C@](C)(O)C2)c(C)n1. The molecule has 9 nitrogen and oxygen atoms in total. The van der Waals surface area contributed by atoms with Gasteiger partial charge in [-0.1, -0.05) is 0 Å². The minimum atomic E-state index is -1.34. The molecule has 2 atom stereocenters. The highest BCUT2D eigenvalue weighted by molar-refractivity contribution is 5.95. The predicted molar refractivity (Wildman–Crippen MR) is 93.0 cm³/mol. The van der Waals surface area contributed by atoms with Crippen molar-refractivity contribution in [2.45, 2.75) is 38.8 Å². The Labute approximate surface area is 149 Å². The van der Waals surface area contributed by atoms with Crippen LogP contribution in [0.5, 0.6) is 0 Å². The molecule has 1 aliphatic rings. The Morgan fingerprint density at radius 1 is 1.38 bits per heavy atom. The van der Waals surface area contributed by atoms with Crippen LogP contribution in [0.4, 0.5) is 0 Å². The van der Waals surface area contributed by atoms with E-state index in [-0.39, 0.29) is 12.5 Å². The van der Waals surface area contributed by atoms with Gasteiger partial charge in [-0.2, -0.15) is 0 Å². The molecule has 138 valence electrons. The van der Waals surface area contributed by atoms with Crippen molar-refractivity contribution < 1.29 is 9.90 Å². The molecule has 0 spiro atoms. The van der Waals surface area contributed by atoms with E-state index in [1.54, 1.807) is 20.8 Å². The number of amides is 1. The van der Waals surface area contributed by atoms with Crippen molar-refractivity contribution in [3.63, 3.8) is 0 Å². The van der Waals surface area contributed by atoms with Crippen molar-refractivity contribution in [1.82, 2.24) is 24.4 Å². The zero-order valence-corrected chi connectivity index (χ0v) is 14.9. The standard InChI is InChI=1S/C17H21N5O4/c1-10-12(8-18-11(2)19-10)15(24)21-6-4-13(17(3,26)9-21)22-7-5-14(23)20-16(22)25/h5,7-8,13,26H,4,6,9H2,1-3H3,(H,20,23,25)/t13-,17-/m1/s1. The minimum Gasteiger partial charge on any atom is -0.386 e. The van der Waals surface area contributed by atoms with Gasteiger partial charge in [0.05, 0.1) is 23.8 Å². The quantitative estimate of drug-likeness (QED) is 0.765. The summed E-state index contributed by atoms with van der Waals surface area (Å²) in [7, 11) is 0. The number of H-pyrrole nitrogens is 1. The number of β-amino-alcohol motifs (C(OH)–C–C–N with tert-alkyl or cyclic N) is 1. The first-order valence-electron chi connectivity index (χ1n) is 8.32. The molecule has 9 heteroatoms. The molecule has 2 N–H and O–H groups in total. The van der Waals surface area contributed by atoms with Crippen molar-refractivity contribution >= 4 is 5.91 Å². The van der Waals surface area contributed by atoms with Gasteiger partial charge in [-0.25, -0.2) is 14.8 Å². The molecule has 0 unspecified atom stereocenters. The second-order valence-electron chi connectivity index (χ2n) is 6.82. The fourth-order valence-corrected chi connectivity index (χ4v) is 3.41. The summed E-state index contributed by atoms with van der Waals surface area (Å²) in [6.45, 7) is 5.48. The fourth-order valence-electron chi connectivity index (χ4n) is 3.41. The highest BCUT2D eigenvalue weighted by atomic mass is 16.3. The summed E-state index contributed by atoms with van der Waals surface area (Å²) in [5, 5.41) is 10.9. The molecule has 0 bridgehead atoms. The monoisotopic (exact) mass is 359 g/mol. The van der Waals surface area contributed by atoms with Crippen LogP contribution in [0.25, 0.3) is 0 Å². The number of likely N-dealkylation sites (tertiary alicyclic amines) is 1. The average molecular weight is 359 g/mol. The van der Waals surface area contributed by atoms with E-state index in [9.17, 15) is 19.5 Å². The lowest BCUT2D eigenvalue weighted by Crippen LogP contribution is -2.56. The molecule has 1 aliphatic heterocycles. The highest BCUT2D eigenvalue weighted by Gasteiger charge is 2.41. The normalized spacial score (nSPS) is 23.1. The zero-order chi connectivity index (χ0) is 19.1. The van der Waals surface area contributed by atoms with Gasteiger partial charge in [-0.3, -0.25) is 19.1 Å². The van der Waals surface area contributed by atoms with Crippen molar-refractivity contribution in [2.24, 2.45) is 0 Å². The van der Waals surface area contributed by atoms with E-state index < -0.39 is 22.9 Å².